The minimum absolute atomic E-state index is 0.0821. The number of benzene rings is 1. The number of nitrogens with zero attached hydrogens (tertiary/aromatic N) is 3. The first kappa shape index (κ1) is 17.8. The van der Waals surface area contributed by atoms with E-state index in [0.717, 1.165) is 0 Å². The van der Waals surface area contributed by atoms with Crippen molar-refractivity contribution in [1.82, 2.24) is 14.8 Å². The fraction of sp³-hybridized carbons (Fsp3) is 0.250. The van der Waals surface area contributed by atoms with E-state index in [2.05, 4.69) is 4.98 Å². The van der Waals surface area contributed by atoms with Crippen molar-refractivity contribution < 1.29 is 14.7 Å². The van der Waals surface area contributed by atoms with Crippen molar-refractivity contribution in [2.75, 3.05) is 27.2 Å². The highest BCUT2D eigenvalue weighted by atomic mass is 16.3. The molecule has 26 heavy (non-hydrogen) atoms. The first-order valence-corrected chi connectivity index (χ1v) is 8.40. The number of carbonyl (C=O) groups is 2. The molecule has 1 saturated heterocycles. The van der Waals surface area contributed by atoms with Crippen molar-refractivity contribution in [1.29, 1.82) is 0 Å². The Balaban J connectivity index is 2.12. The van der Waals surface area contributed by atoms with Crippen LogP contribution in [0.15, 0.2) is 60.3 Å². The summed E-state index contributed by atoms with van der Waals surface area (Å²) in [6, 6.07) is 13.4. The number of hydrogen-bond donors (Lipinski definition) is 1. The zero-order valence-corrected chi connectivity index (χ0v) is 14.8. The highest BCUT2D eigenvalue weighted by Gasteiger charge is 2.46. The molecule has 0 saturated carbocycles. The molecule has 0 unspecified atom stereocenters. The number of likely N-dealkylation sites (N-methyl/N-ethyl adjacent to an activating group) is 1. The molecule has 1 fully saturated rings. The van der Waals surface area contributed by atoms with Crippen LogP contribution in [0.4, 0.5) is 0 Å². The van der Waals surface area contributed by atoms with E-state index in [1.54, 1.807) is 48.7 Å². The summed E-state index contributed by atoms with van der Waals surface area (Å²) >= 11 is 0. The third-order valence-electron chi connectivity index (χ3n) is 4.34. The molecule has 134 valence electrons. The van der Waals surface area contributed by atoms with E-state index in [1.807, 2.05) is 25.1 Å². The lowest BCUT2D eigenvalue weighted by Crippen LogP contribution is -2.35. The van der Waals surface area contributed by atoms with Gasteiger partial charge in [-0.05, 0) is 26.2 Å². The maximum Gasteiger partial charge on any atom is 0.295 e. The number of rotatable bonds is 5. The van der Waals surface area contributed by atoms with Crippen LogP contribution < -0.4 is 0 Å². The molecule has 2 heterocycles. The molecule has 1 aromatic heterocycles. The predicted molar refractivity (Wildman–Crippen MR) is 98.2 cm³/mol. The van der Waals surface area contributed by atoms with Crippen LogP contribution in [0.2, 0.25) is 0 Å². The maximum absolute atomic E-state index is 12.7. The number of carbonyl (C=O) groups excluding carboxylic acids is 2. The van der Waals surface area contributed by atoms with E-state index in [1.165, 1.54) is 4.90 Å². The van der Waals surface area contributed by atoms with Crippen molar-refractivity contribution in [3.63, 3.8) is 0 Å². The molecule has 3 rings (SSSR count). The van der Waals surface area contributed by atoms with Crippen LogP contribution in [0.5, 0.6) is 0 Å². The topological polar surface area (TPSA) is 73.7 Å². The molecule has 0 radical (unpaired) electrons. The summed E-state index contributed by atoms with van der Waals surface area (Å²) in [5.74, 6) is -1.47. The lowest BCUT2D eigenvalue weighted by Gasteiger charge is -2.25. The third kappa shape index (κ3) is 3.36. The van der Waals surface area contributed by atoms with Crippen molar-refractivity contribution in [3.8, 4) is 0 Å². The normalized spacial score (nSPS) is 19.3. The Kier molecular flexibility index (Phi) is 5.14. The van der Waals surface area contributed by atoms with E-state index in [4.69, 9.17) is 0 Å². The third-order valence-corrected chi connectivity index (χ3v) is 4.34. The Labute approximate surface area is 152 Å². The standard InChI is InChI=1S/C20H21N3O3/c1-22(2)12-13-23-17(15-10-6-7-11-21-15)16(19(25)20(23)26)18(24)14-8-4-3-5-9-14/h3-11,17,24H,12-13H2,1-2H3/t17-/m0/s1. The molecule has 0 spiro atoms. The van der Waals surface area contributed by atoms with Crippen LogP contribution in [-0.2, 0) is 9.59 Å². The zero-order chi connectivity index (χ0) is 18.7. The summed E-state index contributed by atoms with van der Waals surface area (Å²) in [5, 5.41) is 10.8. The molecule has 1 aliphatic rings. The Morgan fingerprint density at radius 2 is 1.81 bits per heavy atom. The average molecular weight is 351 g/mol. The van der Waals surface area contributed by atoms with Gasteiger partial charge in [0.05, 0.1) is 11.3 Å². The average Bonchev–Trinajstić information content (AvgIpc) is 2.91. The molecular weight excluding hydrogens is 330 g/mol. The summed E-state index contributed by atoms with van der Waals surface area (Å²) in [5.41, 5.74) is 1.14. The van der Waals surface area contributed by atoms with Gasteiger partial charge in [-0.3, -0.25) is 14.6 Å². The molecule has 1 N–H and O–H groups in total. The van der Waals surface area contributed by atoms with Gasteiger partial charge in [0.25, 0.3) is 11.7 Å². The van der Waals surface area contributed by atoms with E-state index in [9.17, 15) is 14.7 Å². The number of Topliss-reactive ketones (excluding diaryl/α,β-unsaturated/α-hetero) is 1. The smallest absolute Gasteiger partial charge is 0.295 e. The van der Waals surface area contributed by atoms with Gasteiger partial charge in [0.1, 0.15) is 11.8 Å². The van der Waals surface area contributed by atoms with Gasteiger partial charge >= 0.3 is 0 Å². The van der Waals surface area contributed by atoms with Gasteiger partial charge in [-0.1, -0.05) is 36.4 Å². The largest absolute Gasteiger partial charge is 0.507 e. The molecule has 0 bridgehead atoms. The summed E-state index contributed by atoms with van der Waals surface area (Å²) in [4.78, 5) is 33.1. The zero-order valence-electron chi connectivity index (χ0n) is 14.8. The minimum atomic E-state index is -0.698. The predicted octanol–water partition coefficient (Wildman–Crippen LogP) is 2.06. The number of likely N-dealkylation sites (tertiary alicyclic amines) is 1. The second-order valence-corrected chi connectivity index (χ2v) is 6.42. The molecule has 1 aliphatic heterocycles. The lowest BCUT2D eigenvalue weighted by atomic mass is 9.98. The van der Waals surface area contributed by atoms with E-state index in [-0.39, 0.29) is 11.3 Å². The molecular formula is C20H21N3O3. The fourth-order valence-corrected chi connectivity index (χ4v) is 3.02. The van der Waals surface area contributed by atoms with Gasteiger partial charge < -0.3 is 14.9 Å². The van der Waals surface area contributed by atoms with Gasteiger partial charge in [0, 0.05) is 24.8 Å². The monoisotopic (exact) mass is 351 g/mol. The lowest BCUT2D eigenvalue weighted by molar-refractivity contribution is -0.140. The number of hydrogen-bond acceptors (Lipinski definition) is 5. The highest BCUT2D eigenvalue weighted by Crippen LogP contribution is 2.38. The molecule has 1 atom stereocenters. The fourth-order valence-electron chi connectivity index (χ4n) is 3.02. The molecule has 1 amide bonds. The Morgan fingerprint density at radius 1 is 1.12 bits per heavy atom. The summed E-state index contributed by atoms with van der Waals surface area (Å²) < 4.78 is 0. The Bertz CT molecular complexity index is 832. The van der Waals surface area contributed by atoms with Crippen LogP contribution in [0.3, 0.4) is 0 Å². The van der Waals surface area contributed by atoms with Crippen LogP contribution in [-0.4, -0.2) is 58.8 Å². The molecule has 0 aliphatic carbocycles. The van der Waals surface area contributed by atoms with Crippen LogP contribution in [0.1, 0.15) is 17.3 Å². The number of aliphatic hydroxyl groups is 1. The van der Waals surface area contributed by atoms with Crippen molar-refractivity contribution in [3.05, 3.63) is 71.6 Å². The molecule has 2 aromatic rings. The van der Waals surface area contributed by atoms with Gasteiger partial charge in [0.15, 0.2) is 0 Å². The van der Waals surface area contributed by atoms with Crippen molar-refractivity contribution in [2.24, 2.45) is 0 Å². The Morgan fingerprint density at radius 3 is 2.42 bits per heavy atom. The van der Waals surface area contributed by atoms with E-state index >= 15 is 0 Å². The van der Waals surface area contributed by atoms with Gasteiger partial charge in [-0.2, -0.15) is 0 Å². The summed E-state index contributed by atoms with van der Waals surface area (Å²) in [6.45, 7) is 0.964. The minimum Gasteiger partial charge on any atom is -0.507 e. The van der Waals surface area contributed by atoms with Crippen molar-refractivity contribution in [2.45, 2.75) is 6.04 Å². The van der Waals surface area contributed by atoms with Crippen molar-refractivity contribution >= 4 is 17.4 Å². The van der Waals surface area contributed by atoms with E-state index < -0.39 is 17.7 Å². The highest BCUT2D eigenvalue weighted by molar-refractivity contribution is 6.46. The van der Waals surface area contributed by atoms with Gasteiger partial charge in [0.2, 0.25) is 0 Å². The van der Waals surface area contributed by atoms with Gasteiger partial charge in [-0.25, -0.2) is 0 Å². The van der Waals surface area contributed by atoms with Crippen LogP contribution >= 0.6 is 0 Å². The number of ketones is 1. The Hall–Kier alpha value is -2.99. The first-order chi connectivity index (χ1) is 12.5. The quantitative estimate of drug-likeness (QED) is 0.507. The van der Waals surface area contributed by atoms with Crippen LogP contribution in [0, 0.1) is 0 Å². The molecule has 1 aromatic carbocycles. The second-order valence-electron chi connectivity index (χ2n) is 6.42. The van der Waals surface area contributed by atoms with Gasteiger partial charge in [-0.15, -0.1) is 0 Å². The SMILES string of the molecule is CN(C)CCN1C(=O)C(=O)C(=C(O)c2ccccc2)[C@@H]1c1ccccn1. The summed E-state index contributed by atoms with van der Waals surface area (Å²) in [6.07, 6.45) is 1.61. The maximum atomic E-state index is 12.7. The number of aromatic nitrogens is 1. The second kappa shape index (κ2) is 7.49. The molecule has 6 heteroatoms. The summed E-state index contributed by atoms with van der Waals surface area (Å²) in [7, 11) is 3.80. The number of aliphatic hydroxyl groups excluding tert-OH is 1. The number of pyridine rings is 1. The molecule has 6 nitrogen and oxygen atoms in total. The van der Waals surface area contributed by atoms with E-state index in [0.29, 0.717) is 24.3 Å². The first-order valence-electron chi connectivity index (χ1n) is 8.40. The number of amides is 1. The van der Waals surface area contributed by atoms with Crippen LogP contribution in [0.25, 0.3) is 5.76 Å².